The van der Waals surface area contributed by atoms with Crippen LogP contribution in [0.5, 0.6) is 0 Å². The van der Waals surface area contributed by atoms with E-state index in [0.717, 1.165) is 20.7 Å². The topological polar surface area (TPSA) is 51.6 Å². The van der Waals surface area contributed by atoms with E-state index in [0.29, 0.717) is 71.0 Å². The third kappa shape index (κ3) is 18.7. The van der Waals surface area contributed by atoms with Gasteiger partial charge < -0.3 is 0 Å². The van der Waals surface area contributed by atoms with Crippen LogP contribution in [-0.4, -0.2) is 18.7 Å². The number of hydrogen-bond acceptors (Lipinski definition) is 12. The number of rotatable bonds is 12. The number of thiazole rings is 2. The molecular formula is C72H98N4S8. The minimum atomic E-state index is 0.512. The van der Waals surface area contributed by atoms with E-state index in [4.69, 9.17) is 0 Å². The van der Waals surface area contributed by atoms with Crippen LogP contribution < -0.4 is 0 Å². The molecule has 0 saturated heterocycles. The molecule has 454 valence electrons. The first-order valence-corrected chi connectivity index (χ1v) is 37.2. The van der Waals surface area contributed by atoms with Crippen molar-refractivity contribution in [3.8, 4) is 0 Å². The van der Waals surface area contributed by atoms with Gasteiger partial charge in [-0.05, 0) is 141 Å². The van der Waals surface area contributed by atoms with Gasteiger partial charge in [0.05, 0.1) is 21.7 Å². The molecule has 8 heterocycles. The number of benzene rings is 3. The molecular weight excluding hydrogens is 1180 g/mol. The van der Waals surface area contributed by atoms with Crippen LogP contribution in [0.2, 0.25) is 0 Å². The fraction of sp³-hybridized carbons (Fsp3) is 0.500. The molecule has 11 rings (SSSR count). The van der Waals surface area contributed by atoms with E-state index in [-0.39, 0.29) is 0 Å². The second-order valence-electron chi connectivity index (χ2n) is 25.9. The molecule has 0 spiro atoms. The lowest BCUT2D eigenvalue weighted by atomic mass is 9.95. The minimum absolute atomic E-state index is 0.512. The zero-order valence-corrected chi connectivity index (χ0v) is 61.6. The highest BCUT2D eigenvalue weighted by atomic mass is 32.1. The zero-order chi connectivity index (χ0) is 62.0. The number of fused-ring (bicyclic) bond motifs is 5. The molecule has 0 amide bonds. The molecule has 0 aliphatic heterocycles. The highest BCUT2D eigenvalue weighted by molar-refractivity contribution is 7.28. The lowest BCUT2D eigenvalue weighted by Gasteiger charge is -2.10. The smallest absolute Gasteiger partial charge is 0.155 e. The fourth-order valence-electron chi connectivity index (χ4n) is 8.88. The van der Waals surface area contributed by atoms with Gasteiger partial charge in [-0.25, -0.2) is 9.97 Å². The fourth-order valence-corrected chi connectivity index (χ4v) is 17.2. The molecule has 4 nitrogen and oxygen atoms in total. The number of aromatic nitrogens is 4. The number of hydrogen-bond donors (Lipinski definition) is 0. The largest absolute Gasteiger partial charge is 0.228 e. The van der Waals surface area contributed by atoms with Crippen LogP contribution in [-0.2, 0) is 0 Å². The average molecular weight is 1280 g/mol. The maximum atomic E-state index is 4.59. The van der Waals surface area contributed by atoms with Crippen molar-refractivity contribution in [1.82, 2.24) is 18.7 Å². The Morgan fingerprint density at radius 2 is 0.571 bits per heavy atom. The molecule has 0 bridgehead atoms. The van der Waals surface area contributed by atoms with Crippen LogP contribution >= 0.6 is 91.1 Å². The van der Waals surface area contributed by atoms with Crippen LogP contribution in [0.1, 0.15) is 299 Å². The van der Waals surface area contributed by atoms with Crippen molar-refractivity contribution >= 4 is 141 Å². The standard InChI is InChI=1S/C16H18S2.C12H16N2S.C12H16S2.C12H18.C10H14N2S2.C10H16S/c1-9(2)13-5-11-7-16-12(8-15(11)17-13)6-14(18-16)10(3)4;1-7(2)9-5-6-10(8(3)4)12-11(9)13-15-14-12;1-7(2)9-5-11-12(13-9)6-10(14-11)8(3)4;1-9(2)11-5-7-12(8-6-11)10(3)4;1-5(2)7-11-9-10(13-7)12-8(14-9)6(3)4;1-7(2)9-5-6-10(11-9)8(3)4/h5-10H,1-4H3;5-8H,1-4H3;5-8H,1-4H3;5-10H,1-4H3;5-6H,1-4H3;5-8H,1-4H3. The first-order chi connectivity index (χ1) is 39.5. The predicted molar refractivity (Wildman–Crippen MR) is 389 cm³/mol. The first-order valence-electron chi connectivity index (χ1n) is 30.7. The molecule has 0 fully saturated rings. The van der Waals surface area contributed by atoms with E-state index in [1.165, 1.54) is 103 Å². The Balaban J connectivity index is 0.000000163. The second kappa shape index (κ2) is 31.5. The summed E-state index contributed by atoms with van der Waals surface area (Å²) in [7, 11) is 0. The van der Waals surface area contributed by atoms with E-state index >= 15 is 0 Å². The summed E-state index contributed by atoms with van der Waals surface area (Å²) < 4.78 is 14.6. The Kier molecular flexibility index (Phi) is 26.0. The van der Waals surface area contributed by atoms with Crippen LogP contribution in [0.15, 0.2) is 84.9 Å². The van der Waals surface area contributed by atoms with Crippen LogP contribution in [0.25, 0.3) is 50.3 Å². The summed E-state index contributed by atoms with van der Waals surface area (Å²) in [6.45, 7) is 53.5. The van der Waals surface area contributed by atoms with Gasteiger partial charge in [0, 0.05) is 59.9 Å². The second-order valence-corrected chi connectivity index (χ2v) is 34.1. The SMILES string of the molecule is CC(C)c1cc2cc3sc(C(C)C)cc3cc2s1.CC(C)c1cc2sc(C(C)C)cc2s1.CC(C)c1ccc(C(C)C)c2nsnc12.CC(C)c1ccc(C(C)C)cc1.CC(C)c1ccc(C(C)C)s1.CC(C)c1nc2sc(C(C)C)nc2s1. The van der Waals surface area contributed by atoms with E-state index in [1.54, 1.807) is 22.7 Å². The summed E-state index contributed by atoms with van der Waals surface area (Å²) in [6.07, 6.45) is 0. The maximum absolute atomic E-state index is 4.59. The van der Waals surface area contributed by atoms with Crippen LogP contribution in [0, 0.1) is 0 Å². The zero-order valence-electron chi connectivity index (χ0n) is 55.1. The van der Waals surface area contributed by atoms with Crippen molar-refractivity contribution in [3.63, 3.8) is 0 Å². The summed E-state index contributed by atoms with van der Waals surface area (Å²) in [6, 6.07) is 32.0. The molecule has 0 saturated carbocycles. The highest BCUT2D eigenvalue weighted by Gasteiger charge is 2.17. The van der Waals surface area contributed by atoms with E-state index in [1.807, 2.05) is 56.7 Å². The van der Waals surface area contributed by atoms with Gasteiger partial charge >= 0.3 is 0 Å². The summed E-state index contributed by atoms with van der Waals surface area (Å²) in [4.78, 5) is 20.4. The Hall–Kier alpha value is -3.72. The molecule has 8 aromatic heterocycles. The van der Waals surface area contributed by atoms with Gasteiger partial charge in [0.1, 0.15) is 11.0 Å². The summed E-state index contributed by atoms with van der Waals surface area (Å²) in [5, 5.41) is 5.23. The van der Waals surface area contributed by atoms with Gasteiger partial charge in [0.2, 0.25) is 0 Å². The lowest BCUT2D eigenvalue weighted by Crippen LogP contribution is -1.94. The average Bonchev–Trinajstić information content (AvgIpc) is 4.35. The normalized spacial score (nSPS) is 11.9. The summed E-state index contributed by atoms with van der Waals surface area (Å²) in [5.74, 6) is 7.32. The molecule has 0 atom stereocenters. The molecule has 0 aliphatic rings. The van der Waals surface area contributed by atoms with Gasteiger partial charge in [0.15, 0.2) is 9.66 Å². The molecule has 11 aromatic rings. The summed E-state index contributed by atoms with van der Waals surface area (Å²) >= 11 is 14.5. The Labute approximate surface area is 539 Å². The maximum Gasteiger partial charge on any atom is 0.155 e. The number of thiophene rings is 5. The third-order valence-corrected chi connectivity index (χ3v) is 25.0. The number of nitrogens with zero attached hydrogens (tertiary/aromatic N) is 4. The molecule has 0 N–H and O–H groups in total. The van der Waals surface area contributed by atoms with E-state index < -0.39 is 0 Å². The highest BCUT2D eigenvalue weighted by Crippen LogP contribution is 2.41. The minimum Gasteiger partial charge on any atom is -0.228 e. The Bertz CT molecular complexity index is 3310. The monoisotopic (exact) mass is 1270 g/mol. The van der Waals surface area contributed by atoms with Gasteiger partial charge in [-0.2, -0.15) is 8.75 Å². The summed E-state index contributed by atoms with van der Waals surface area (Å²) in [5.41, 5.74) is 7.67. The van der Waals surface area contributed by atoms with Gasteiger partial charge in [-0.3, -0.25) is 0 Å². The first kappa shape index (κ1) is 69.4. The van der Waals surface area contributed by atoms with E-state index in [2.05, 4.69) is 270 Å². The van der Waals surface area contributed by atoms with Crippen molar-refractivity contribution in [2.24, 2.45) is 0 Å². The van der Waals surface area contributed by atoms with E-state index in [9.17, 15) is 0 Å². The Morgan fingerprint density at radius 1 is 0.262 bits per heavy atom. The van der Waals surface area contributed by atoms with Crippen molar-refractivity contribution < 1.29 is 0 Å². The lowest BCUT2D eigenvalue weighted by molar-refractivity contribution is 0.845. The molecule has 0 radical (unpaired) electrons. The predicted octanol–water partition coefficient (Wildman–Crippen LogP) is 27.4. The third-order valence-electron chi connectivity index (χ3n) is 14.5. The molecule has 0 aliphatic carbocycles. The molecule has 12 heteroatoms. The Morgan fingerprint density at radius 3 is 0.845 bits per heavy atom. The molecule has 0 unspecified atom stereocenters. The van der Waals surface area contributed by atoms with Crippen molar-refractivity contribution in [2.45, 2.75) is 237 Å². The molecule has 3 aromatic carbocycles. The van der Waals surface area contributed by atoms with Gasteiger partial charge in [0.25, 0.3) is 0 Å². The van der Waals surface area contributed by atoms with Gasteiger partial charge in [-0.1, -0.05) is 225 Å². The van der Waals surface area contributed by atoms with Crippen LogP contribution in [0.4, 0.5) is 0 Å². The van der Waals surface area contributed by atoms with Crippen LogP contribution in [0.3, 0.4) is 0 Å². The quantitative estimate of drug-likeness (QED) is 0.122. The molecule has 84 heavy (non-hydrogen) atoms. The van der Waals surface area contributed by atoms with Crippen molar-refractivity contribution in [1.29, 1.82) is 0 Å². The van der Waals surface area contributed by atoms with Gasteiger partial charge in [-0.15, -0.1) is 56.7 Å². The van der Waals surface area contributed by atoms with Crippen molar-refractivity contribution in [2.75, 3.05) is 0 Å². The van der Waals surface area contributed by atoms with Crippen molar-refractivity contribution in [3.05, 3.63) is 146 Å².